The van der Waals surface area contributed by atoms with E-state index < -0.39 is 0 Å². The van der Waals surface area contributed by atoms with Crippen LogP contribution in [0.5, 0.6) is 0 Å². The van der Waals surface area contributed by atoms with Gasteiger partial charge in [-0.1, -0.05) is 18.2 Å². The second-order valence-corrected chi connectivity index (χ2v) is 3.55. The number of carbonyl (C=O) groups is 1. The Hall–Kier alpha value is -1.61. The molecule has 0 fully saturated rings. The number of primary amides is 1. The van der Waals surface area contributed by atoms with Crippen LogP contribution in [0.15, 0.2) is 30.3 Å². The van der Waals surface area contributed by atoms with Crippen molar-refractivity contribution in [2.75, 3.05) is 13.1 Å². The number of hydrogen-bond acceptors (Lipinski definition) is 1. The van der Waals surface area contributed by atoms with Crippen LogP contribution in [-0.4, -0.2) is 19.0 Å². The first-order valence-electron chi connectivity index (χ1n) is 5.00. The first-order chi connectivity index (χ1) is 7.27. The molecular weight excluding hydrogens is 188 g/mol. The van der Waals surface area contributed by atoms with Crippen LogP contribution in [-0.2, 0) is 0 Å². The van der Waals surface area contributed by atoms with E-state index in [0.717, 1.165) is 25.1 Å². The second kappa shape index (κ2) is 4.28. The molecule has 3 heteroatoms. The average molecular weight is 201 g/mol. The lowest BCUT2D eigenvalue weighted by atomic mass is 9.99. The summed E-state index contributed by atoms with van der Waals surface area (Å²) in [5, 5.41) is 4.25. The van der Waals surface area contributed by atoms with E-state index in [-0.39, 0.29) is 5.91 Å². The van der Waals surface area contributed by atoms with Crippen molar-refractivity contribution in [3.05, 3.63) is 41.5 Å². The predicted molar refractivity (Wildman–Crippen MR) is 59.4 cm³/mol. The predicted octanol–water partition coefficient (Wildman–Crippen LogP) is 1.18. The summed E-state index contributed by atoms with van der Waals surface area (Å²) in [5.41, 5.74) is 8.20. The van der Waals surface area contributed by atoms with E-state index in [1.165, 1.54) is 5.57 Å². The van der Waals surface area contributed by atoms with Gasteiger partial charge in [0, 0.05) is 18.7 Å². The number of nitrogens with zero attached hydrogens (tertiary/aromatic N) is 1. The van der Waals surface area contributed by atoms with Crippen molar-refractivity contribution in [1.82, 2.24) is 5.32 Å². The van der Waals surface area contributed by atoms with Crippen molar-refractivity contribution in [3.63, 3.8) is 0 Å². The Kier molecular flexibility index (Phi) is 2.83. The standard InChI is InChI=1S/C12H13N2O/c13-12(15)11-3-1-9(2-4-11)10-5-7-14-8-6-10/h1-5H,6-8H2,(H2,13,15). The maximum absolute atomic E-state index is 10.9. The van der Waals surface area contributed by atoms with Gasteiger partial charge in [0.05, 0.1) is 0 Å². The molecular formula is C12H13N2O. The Morgan fingerprint density at radius 2 is 2.00 bits per heavy atom. The van der Waals surface area contributed by atoms with Gasteiger partial charge >= 0.3 is 0 Å². The van der Waals surface area contributed by atoms with Crippen LogP contribution in [0.1, 0.15) is 22.3 Å². The first kappa shape index (κ1) is 9.93. The zero-order valence-corrected chi connectivity index (χ0v) is 8.44. The third-order valence-corrected chi connectivity index (χ3v) is 2.55. The van der Waals surface area contributed by atoms with E-state index in [1.807, 2.05) is 12.1 Å². The van der Waals surface area contributed by atoms with Gasteiger partial charge in [-0.2, -0.15) is 0 Å². The van der Waals surface area contributed by atoms with E-state index in [2.05, 4.69) is 11.4 Å². The minimum atomic E-state index is -0.380. The summed E-state index contributed by atoms with van der Waals surface area (Å²) in [6, 6.07) is 7.42. The molecule has 1 aliphatic heterocycles. The molecule has 0 saturated heterocycles. The Morgan fingerprint density at radius 1 is 1.27 bits per heavy atom. The van der Waals surface area contributed by atoms with Gasteiger partial charge in [-0.05, 0) is 29.7 Å². The van der Waals surface area contributed by atoms with Gasteiger partial charge < -0.3 is 5.73 Å². The molecule has 0 aromatic heterocycles. The quantitative estimate of drug-likeness (QED) is 0.767. The number of rotatable bonds is 2. The lowest BCUT2D eigenvalue weighted by Gasteiger charge is -2.12. The largest absolute Gasteiger partial charge is 0.366 e. The third-order valence-electron chi connectivity index (χ3n) is 2.55. The maximum Gasteiger partial charge on any atom is 0.248 e. The number of carbonyl (C=O) groups excluding carboxylic acids is 1. The molecule has 1 radical (unpaired) electrons. The fourth-order valence-corrected chi connectivity index (χ4v) is 1.68. The fourth-order valence-electron chi connectivity index (χ4n) is 1.68. The van der Waals surface area contributed by atoms with Crippen LogP contribution < -0.4 is 11.1 Å². The van der Waals surface area contributed by atoms with E-state index in [1.54, 1.807) is 12.1 Å². The van der Waals surface area contributed by atoms with Crippen molar-refractivity contribution < 1.29 is 4.79 Å². The monoisotopic (exact) mass is 201 g/mol. The summed E-state index contributed by atoms with van der Waals surface area (Å²) in [6.45, 7) is 1.69. The van der Waals surface area contributed by atoms with Crippen LogP contribution in [0.2, 0.25) is 0 Å². The first-order valence-corrected chi connectivity index (χ1v) is 5.00. The molecule has 15 heavy (non-hydrogen) atoms. The molecule has 2 rings (SSSR count). The number of amides is 1. The topological polar surface area (TPSA) is 57.2 Å². The lowest BCUT2D eigenvalue weighted by Crippen LogP contribution is -2.13. The van der Waals surface area contributed by atoms with Gasteiger partial charge in [-0.15, -0.1) is 0 Å². The van der Waals surface area contributed by atoms with E-state index in [4.69, 9.17) is 5.73 Å². The summed E-state index contributed by atoms with van der Waals surface area (Å²) in [5.74, 6) is -0.380. The molecule has 1 amide bonds. The summed E-state index contributed by atoms with van der Waals surface area (Å²) < 4.78 is 0. The SMILES string of the molecule is NC(=O)c1ccc(C2=CC[N]CC2)cc1. The summed E-state index contributed by atoms with van der Waals surface area (Å²) in [6.07, 6.45) is 3.11. The van der Waals surface area contributed by atoms with Crippen molar-refractivity contribution in [2.45, 2.75) is 6.42 Å². The fraction of sp³-hybridized carbons (Fsp3) is 0.250. The number of nitrogens with two attached hydrogens (primary N) is 1. The highest BCUT2D eigenvalue weighted by Crippen LogP contribution is 2.20. The van der Waals surface area contributed by atoms with Crippen LogP contribution in [0.3, 0.4) is 0 Å². The molecule has 0 aliphatic carbocycles. The van der Waals surface area contributed by atoms with E-state index in [9.17, 15) is 4.79 Å². The summed E-state index contributed by atoms with van der Waals surface area (Å²) in [4.78, 5) is 10.9. The Balaban J connectivity index is 2.23. The van der Waals surface area contributed by atoms with Gasteiger partial charge in [0.2, 0.25) is 5.91 Å². The van der Waals surface area contributed by atoms with Crippen LogP contribution in [0.4, 0.5) is 0 Å². The van der Waals surface area contributed by atoms with Crippen molar-refractivity contribution in [3.8, 4) is 0 Å². The molecule has 77 valence electrons. The molecule has 0 unspecified atom stereocenters. The highest BCUT2D eigenvalue weighted by molar-refractivity contribution is 5.93. The minimum absolute atomic E-state index is 0.380. The smallest absolute Gasteiger partial charge is 0.248 e. The Morgan fingerprint density at radius 3 is 2.53 bits per heavy atom. The molecule has 1 aromatic rings. The highest BCUT2D eigenvalue weighted by Gasteiger charge is 2.06. The highest BCUT2D eigenvalue weighted by atomic mass is 16.1. The molecule has 0 spiro atoms. The molecule has 1 heterocycles. The van der Waals surface area contributed by atoms with Crippen LogP contribution >= 0.6 is 0 Å². The zero-order valence-electron chi connectivity index (χ0n) is 8.44. The third kappa shape index (κ3) is 2.25. The van der Waals surface area contributed by atoms with Crippen molar-refractivity contribution in [2.24, 2.45) is 5.73 Å². The molecule has 0 atom stereocenters. The molecule has 1 aromatic carbocycles. The average Bonchev–Trinajstić information content (AvgIpc) is 2.30. The van der Waals surface area contributed by atoms with Crippen LogP contribution in [0.25, 0.3) is 5.57 Å². The van der Waals surface area contributed by atoms with Crippen molar-refractivity contribution in [1.29, 1.82) is 0 Å². The van der Waals surface area contributed by atoms with Crippen molar-refractivity contribution >= 4 is 11.5 Å². The molecule has 3 nitrogen and oxygen atoms in total. The normalized spacial score (nSPS) is 15.9. The van der Waals surface area contributed by atoms with Gasteiger partial charge in [0.25, 0.3) is 0 Å². The second-order valence-electron chi connectivity index (χ2n) is 3.55. The number of hydrogen-bond donors (Lipinski definition) is 1. The molecule has 0 saturated carbocycles. The lowest BCUT2D eigenvalue weighted by molar-refractivity contribution is 0.100. The Bertz CT molecular complexity index is 393. The maximum atomic E-state index is 10.9. The van der Waals surface area contributed by atoms with Gasteiger partial charge in [-0.3, -0.25) is 4.79 Å². The summed E-state index contributed by atoms with van der Waals surface area (Å²) >= 11 is 0. The molecule has 2 N–H and O–H groups in total. The minimum Gasteiger partial charge on any atom is -0.366 e. The Labute approximate surface area is 89.0 Å². The molecule has 0 bridgehead atoms. The van der Waals surface area contributed by atoms with Gasteiger partial charge in [0.1, 0.15) is 0 Å². The number of benzene rings is 1. The summed E-state index contributed by atoms with van der Waals surface area (Å²) in [7, 11) is 0. The van der Waals surface area contributed by atoms with E-state index >= 15 is 0 Å². The van der Waals surface area contributed by atoms with Crippen LogP contribution in [0, 0.1) is 0 Å². The zero-order chi connectivity index (χ0) is 10.7. The van der Waals surface area contributed by atoms with E-state index in [0.29, 0.717) is 5.56 Å². The molecule has 1 aliphatic rings. The van der Waals surface area contributed by atoms with Gasteiger partial charge in [0.15, 0.2) is 0 Å². The van der Waals surface area contributed by atoms with Gasteiger partial charge in [-0.25, -0.2) is 5.32 Å².